The molecule has 1 rings (SSSR count). The molecule has 1 aromatic rings. The minimum atomic E-state index is -0.273. The normalized spacial score (nSPS) is 10.1. The molecule has 4 heteroatoms. The van der Waals surface area contributed by atoms with Crippen LogP contribution in [0.4, 0.5) is 10.1 Å². The lowest BCUT2D eigenvalue weighted by Crippen LogP contribution is -2.06. The topological polar surface area (TPSA) is 30.5 Å². The number of anilines is 1. The summed E-state index contributed by atoms with van der Waals surface area (Å²) in [6.07, 6.45) is 0.871. The molecular formula is C11H16FNO2. The third-order valence-corrected chi connectivity index (χ3v) is 2.00. The molecule has 0 spiro atoms. The van der Waals surface area contributed by atoms with Gasteiger partial charge in [-0.1, -0.05) is 0 Å². The molecule has 0 heterocycles. The van der Waals surface area contributed by atoms with Crippen molar-refractivity contribution in [1.82, 2.24) is 0 Å². The minimum Gasteiger partial charge on any atom is -0.495 e. The van der Waals surface area contributed by atoms with Crippen molar-refractivity contribution in [2.24, 2.45) is 0 Å². The van der Waals surface area contributed by atoms with Gasteiger partial charge in [0.15, 0.2) is 0 Å². The van der Waals surface area contributed by atoms with Gasteiger partial charge in [-0.25, -0.2) is 4.39 Å². The summed E-state index contributed by atoms with van der Waals surface area (Å²) in [7, 11) is 3.22. The fourth-order valence-electron chi connectivity index (χ4n) is 1.26. The molecule has 84 valence electrons. The summed E-state index contributed by atoms with van der Waals surface area (Å²) in [5.74, 6) is 0.374. The molecule has 15 heavy (non-hydrogen) atoms. The lowest BCUT2D eigenvalue weighted by atomic mass is 10.2. The average molecular weight is 213 g/mol. The number of methoxy groups -OCH3 is 2. The molecular weight excluding hydrogens is 197 g/mol. The third kappa shape index (κ3) is 3.75. The number of rotatable bonds is 6. The van der Waals surface area contributed by atoms with Crippen LogP contribution in [0.5, 0.6) is 5.75 Å². The first-order valence-corrected chi connectivity index (χ1v) is 4.84. The number of halogens is 1. The Hall–Kier alpha value is -1.29. The first kappa shape index (κ1) is 11.8. The molecule has 0 unspecified atom stereocenters. The number of benzene rings is 1. The largest absolute Gasteiger partial charge is 0.495 e. The van der Waals surface area contributed by atoms with Gasteiger partial charge in [0.25, 0.3) is 0 Å². The highest BCUT2D eigenvalue weighted by molar-refractivity contribution is 5.56. The van der Waals surface area contributed by atoms with E-state index in [1.165, 1.54) is 12.1 Å². The van der Waals surface area contributed by atoms with E-state index in [2.05, 4.69) is 5.32 Å². The van der Waals surface area contributed by atoms with Gasteiger partial charge in [0, 0.05) is 26.3 Å². The maximum absolute atomic E-state index is 12.9. The SMILES string of the molecule is COCCCNc1cc(F)ccc1OC. The molecule has 1 N–H and O–H groups in total. The molecule has 0 radical (unpaired) electrons. The van der Waals surface area contributed by atoms with Crippen LogP contribution in [0.1, 0.15) is 6.42 Å². The van der Waals surface area contributed by atoms with Crippen LogP contribution in [0.15, 0.2) is 18.2 Å². The van der Waals surface area contributed by atoms with Crippen molar-refractivity contribution >= 4 is 5.69 Å². The molecule has 1 aromatic carbocycles. The second-order valence-corrected chi connectivity index (χ2v) is 3.12. The quantitative estimate of drug-likeness (QED) is 0.735. The smallest absolute Gasteiger partial charge is 0.142 e. The monoisotopic (exact) mass is 213 g/mol. The van der Waals surface area contributed by atoms with Gasteiger partial charge in [-0.05, 0) is 18.6 Å². The van der Waals surface area contributed by atoms with Crippen molar-refractivity contribution in [3.8, 4) is 5.75 Å². The molecule has 0 aliphatic heterocycles. The Morgan fingerprint density at radius 3 is 2.80 bits per heavy atom. The average Bonchev–Trinajstić information content (AvgIpc) is 2.25. The van der Waals surface area contributed by atoms with Gasteiger partial charge in [0.1, 0.15) is 11.6 Å². The number of hydrogen-bond donors (Lipinski definition) is 1. The van der Waals surface area contributed by atoms with Crippen molar-refractivity contribution in [1.29, 1.82) is 0 Å². The number of ether oxygens (including phenoxy) is 2. The van der Waals surface area contributed by atoms with Gasteiger partial charge >= 0.3 is 0 Å². The van der Waals surface area contributed by atoms with Crippen LogP contribution < -0.4 is 10.1 Å². The van der Waals surface area contributed by atoms with E-state index in [0.29, 0.717) is 18.0 Å². The van der Waals surface area contributed by atoms with E-state index in [-0.39, 0.29) is 5.82 Å². The van der Waals surface area contributed by atoms with Gasteiger partial charge in [-0.2, -0.15) is 0 Å². The molecule has 0 aromatic heterocycles. The highest BCUT2D eigenvalue weighted by Crippen LogP contribution is 2.24. The summed E-state index contributed by atoms with van der Waals surface area (Å²) in [5, 5.41) is 3.09. The second-order valence-electron chi connectivity index (χ2n) is 3.12. The van der Waals surface area contributed by atoms with E-state index >= 15 is 0 Å². The molecule has 0 saturated carbocycles. The molecule has 0 saturated heterocycles. The highest BCUT2D eigenvalue weighted by Gasteiger charge is 2.03. The van der Waals surface area contributed by atoms with E-state index < -0.39 is 0 Å². The van der Waals surface area contributed by atoms with Crippen LogP contribution in [0.3, 0.4) is 0 Å². The van der Waals surface area contributed by atoms with Gasteiger partial charge < -0.3 is 14.8 Å². The predicted molar refractivity (Wildman–Crippen MR) is 57.9 cm³/mol. The van der Waals surface area contributed by atoms with E-state index in [1.807, 2.05) is 0 Å². The van der Waals surface area contributed by atoms with Crippen LogP contribution in [-0.2, 0) is 4.74 Å². The summed E-state index contributed by atoms with van der Waals surface area (Å²) in [5.41, 5.74) is 0.675. The zero-order valence-corrected chi connectivity index (χ0v) is 9.05. The zero-order chi connectivity index (χ0) is 11.1. The molecule has 0 aliphatic rings. The fourth-order valence-corrected chi connectivity index (χ4v) is 1.26. The zero-order valence-electron chi connectivity index (χ0n) is 9.05. The van der Waals surface area contributed by atoms with E-state index in [4.69, 9.17) is 9.47 Å². The Kier molecular flexibility index (Phi) is 4.90. The summed E-state index contributed by atoms with van der Waals surface area (Å²) in [6, 6.07) is 4.40. The second kappa shape index (κ2) is 6.24. The van der Waals surface area contributed by atoms with Crippen molar-refractivity contribution in [2.45, 2.75) is 6.42 Å². The standard InChI is InChI=1S/C11H16FNO2/c1-14-7-3-6-13-10-8-9(12)4-5-11(10)15-2/h4-5,8,13H,3,6-7H2,1-2H3. The van der Waals surface area contributed by atoms with Crippen LogP contribution in [0.2, 0.25) is 0 Å². The molecule has 0 fully saturated rings. The van der Waals surface area contributed by atoms with Crippen LogP contribution in [0.25, 0.3) is 0 Å². The molecule has 0 bridgehead atoms. The fraction of sp³-hybridized carbons (Fsp3) is 0.455. The maximum atomic E-state index is 12.9. The van der Waals surface area contributed by atoms with Crippen molar-refractivity contribution in [3.05, 3.63) is 24.0 Å². The third-order valence-electron chi connectivity index (χ3n) is 2.00. The lowest BCUT2D eigenvalue weighted by molar-refractivity contribution is 0.197. The molecule has 0 aliphatic carbocycles. The maximum Gasteiger partial charge on any atom is 0.142 e. The van der Waals surface area contributed by atoms with Gasteiger partial charge in [0.05, 0.1) is 12.8 Å². The van der Waals surface area contributed by atoms with Crippen molar-refractivity contribution < 1.29 is 13.9 Å². The Bertz CT molecular complexity index is 305. The Morgan fingerprint density at radius 1 is 1.33 bits per heavy atom. The number of nitrogens with one attached hydrogen (secondary N) is 1. The Morgan fingerprint density at radius 2 is 2.13 bits per heavy atom. The van der Waals surface area contributed by atoms with E-state index in [1.54, 1.807) is 20.3 Å². The summed E-state index contributed by atoms with van der Waals surface area (Å²) < 4.78 is 23.0. The first-order valence-electron chi connectivity index (χ1n) is 4.84. The minimum absolute atomic E-state index is 0.273. The molecule has 0 amide bonds. The Balaban J connectivity index is 2.54. The van der Waals surface area contributed by atoms with Gasteiger partial charge in [0.2, 0.25) is 0 Å². The summed E-state index contributed by atoms with van der Waals surface area (Å²) in [4.78, 5) is 0. The van der Waals surface area contributed by atoms with Crippen molar-refractivity contribution in [3.63, 3.8) is 0 Å². The van der Waals surface area contributed by atoms with Crippen LogP contribution in [-0.4, -0.2) is 27.4 Å². The summed E-state index contributed by atoms with van der Waals surface area (Å²) >= 11 is 0. The number of hydrogen-bond acceptors (Lipinski definition) is 3. The Labute approximate surface area is 89.2 Å². The van der Waals surface area contributed by atoms with Gasteiger partial charge in [-0.3, -0.25) is 0 Å². The van der Waals surface area contributed by atoms with E-state index in [0.717, 1.165) is 13.0 Å². The lowest BCUT2D eigenvalue weighted by Gasteiger charge is -2.10. The van der Waals surface area contributed by atoms with Crippen molar-refractivity contribution in [2.75, 3.05) is 32.7 Å². The first-order chi connectivity index (χ1) is 7.27. The molecule has 0 atom stereocenters. The van der Waals surface area contributed by atoms with Gasteiger partial charge in [-0.15, -0.1) is 0 Å². The van der Waals surface area contributed by atoms with Crippen LogP contribution >= 0.6 is 0 Å². The molecule has 3 nitrogen and oxygen atoms in total. The predicted octanol–water partition coefficient (Wildman–Crippen LogP) is 2.28. The van der Waals surface area contributed by atoms with E-state index in [9.17, 15) is 4.39 Å². The highest BCUT2D eigenvalue weighted by atomic mass is 19.1. The summed E-state index contributed by atoms with van der Waals surface area (Å²) in [6.45, 7) is 1.41. The van der Waals surface area contributed by atoms with Crippen LogP contribution in [0, 0.1) is 5.82 Å².